The Bertz CT molecular complexity index is 688. The van der Waals surface area contributed by atoms with Gasteiger partial charge in [-0.05, 0) is 37.3 Å². The molecule has 0 aliphatic carbocycles. The summed E-state index contributed by atoms with van der Waals surface area (Å²) in [6, 6.07) is 8.78. The quantitative estimate of drug-likeness (QED) is 0.220. The number of hydrogen-bond donors (Lipinski definition) is 5. The van der Waals surface area contributed by atoms with Gasteiger partial charge in [0.2, 0.25) is 5.91 Å². The predicted octanol–water partition coefficient (Wildman–Crippen LogP) is 1.61. The molecule has 4 atom stereocenters. The highest BCUT2D eigenvalue weighted by atomic mass is 31.2. The first kappa shape index (κ1) is 25.3. The zero-order valence-electron chi connectivity index (χ0n) is 16.7. The lowest BCUT2D eigenvalue weighted by Gasteiger charge is -2.21. The first-order chi connectivity index (χ1) is 13.6. The normalized spacial score (nSPS) is 16.4. The molecule has 1 amide bonds. The summed E-state index contributed by atoms with van der Waals surface area (Å²) in [6.07, 6.45) is -0.329. The first-order valence-electron chi connectivity index (χ1n) is 9.65. The van der Waals surface area contributed by atoms with E-state index in [1.54, 1.807) is 6.92 Å². The number of carboxylic acid groups (broad SMARTS) is 1. The summed E-state index contributed by atoms with van der Waals surface area (Å²) in [5, 5.41) is 11.9. The fourth-order valence-corrected chi connectivity index (χ4v) is 4.37. The maximum Gasteiger partial charge on any atom is 0.333 e. The number of carbonyl (C=O) groups excluding carboxylic acids is 1. The van der Waals surface area contributed by atoms with E-state index in [0.29, 0.717) is 19.4 Å². The van der Waals surface area contributed by atoms with E-state index in [4.69, 9.17) is 21.1 Å². The largest absolute Gasteiger partial charge is 0.479 e. The molecule has 164 valence electrons. The minimum absolute atomic E-state index is 0.0895. The third-order valence-corrected chi connectivity index (χ3v) is 5.98. The lowest BCUT2D eigenvalue weighted by atomic mass is 10.0. The molecule has 0 saturated heterocycles. The summed E-state index contributed by atoms with van der Waals surface area (Å²) < 4.78 is 17.3. The molecule has 0 saturated carbocycles. The fourth-order valence-electron chi connectivity index (χ4n) is 2.77. The van der Waals surface area contributed by atoms with Crippen molar-refractivity contribution in [2.45, 2.75) is 44.8 Å². The minimum atomic E-state index is -4.13. The van der Waals surface area contributed by atoms with E-state index in [9.17, 15) is 19.0 Å². The minimum Gasteiger partial charge on any atom is -0.479 e. The van der Waals surface area contributed by atoms with Crippen LogP contribution in [0.25, 0.3) is 0 Å². The third kappa shape index (κ3) is 10.5. The number of aliphatic carboxylic acids is 1. The van der Waals surface area contributed by atoms with E-state index in [0.717, 1.165) is 5.56 Å². The van der Waals surface area contributed by atoms with Gasteiger partial charge in [-0.15, -0.1) is 0 Å². The second-order valence-corrected chi connectivity index (χ2v) is 9.02. The zero-order valence-corrected chi connectivity index (χ0v) is 17.6. The summed E-state index contributed by atoms with van der Waals surface area (Å²) in [7, 11) is -4.13. The van der Waals surface area contributed by atoms with Crippen molar-refractivity contribution in [2.24, 2.45) is 17.4 Å². The van der Waals surface area contributed by atoms with Crippen molar-refractivity contribution in [3.05, 3.63) is 35.9 Å². The molecule has 0 heterocycles. The molecule has 0 fully saturated rings. The number of nitrogens with two attached hydrogens (primary N) is 2. The van der Waals surface area contributed by atoms with Crippen molar-refractivity contribution >= 4 is 19.5 Å². The van der Waals surface area contributed by atoms with Gasteiger partial charge in [0.1, 0.15) is 0 Å². The van der Waals surface area contributed by atoms with E-state index in [1.165, 1.54) is 0 Å². The predicted molar refractivity (Wildman–Crippen MR) is 110 cm³/mol. The molecule has 9 nitrogen and oxygen atoms in total. The summed E-state index contributed by atoms with van der Waals surface area (Å²) in [6.45, 7) is 2.24. The van der Waals surface area contributed by atoms with Crippen molar-refractivity contribution in [2.75, 3.05) is 19.3 Å². The molecule has 0 bridgehead atoms. The summed E-state index contributed by atoms with van der Waals surface area (Å²) in [5.74, 6) is -1.94. The van der Waals surface area contributed by atoms with Crippen molar-refractivity contribution < 1.29 is 28.7 Å². The van der Waals surface area contributed by atoms with Gasteiger partial charge in [0.05, 0.1) is 6.16 Å². The summed E-state index contributed by atoms with van der Waals surface area (Å²) >= 11 is 0. The monoisotopic (exact) mass is 429 g/mol. The molecule has 3 unspecified atom stereocenters. The Hall–Kier alpha value is -1.77. The molecular weight excluding hydrogens is 397 g/mol. The van der Waals surface area contributed by atoms with Crippen LogP contribution < -0.4 is 16.8 Å². The molecule has 0 aliphatic heterocycles. The fraction of sp³-hybridized carbons (Fsp3) is 0.579. The van der Waals surface area contributed by atoms with Crippen LogP contribution in [0.3, 0.4) is 0 Å². The van der Waals surface area contributed by atoms with Crippen LogP contribution in [-0.4, -0.2) is 47.2 Å². The van der Waals surface area contributed by atoms with Crippen LogP contribution in [0.4, 0.5) is 0 Å². The van der Waals surface area contributed by atoms with Gasteiger partial charge in [-0.3, -0.25) is 13.9 Å². The molecule has 0 aliphatic rings. The molecule has 1 aromatic rings. The van der Waals surface area contributed by atoms with E-state index in [-0.39, 0.29) is 37.4 Å². The number of carbonyl (C=O) groups is 2. The SMILES string of the molecule is CC(CNC(=O)CC(N)c1ccccc1)CP(=O)(O)O[C@@H](CCCCN)C(=O)O. The molecule has 0 aromatic heterocycles. The van der Waals surface area contributed by atoms with Gasteiger partial charge in [0, 0.05) is 19.0 Å². The average Bonchev–Trinajstić information content (AvgIpc) is 2.66. The van der Waals surface area contributed by atoms with Crippen LogP contribution in [-0.2, 0) is 18.7 Å². The van der Waals surface area contributed by atoms with Crippen molar-refractivity contribution in [1.29, 1.82) is 0 Å². The second kappa shape index (κ2) is 12.7. The van der Waals surface area contributed by atoms with Crippen LogP contribution in [0.5, 0.6) is 0 Å². The van der Waals surface area contributed by atoms with E-state index < -0.39 is 25.7 Å². The molecule has 10 heteroatoms. The smallest absolute Gasteiger partial charge is 0.333 e. The van der Waals surface area contributed by atoms with Crippen molar-refractivity contribution in [3.8, 4) is 0 Å². The lowest BCUT2D eigenvalue weighted by Crippen LogP contribution is -2.32. The van der Waals surface area contributed by atoms with Crippen LogP contribution >= 0.6 is 7.60 Å². The Kier molecular flexibility index (Phi) is 11.1. The van der Waals surface area contributed by atoms with Gasteiger partial charge in [-0.2, -0.15) is 0 Å². The molecule has 7 N–H and O–H groups in total. The molecular formula is C19H32N3O6P. The maximum atomic E-state index is 12.3. The Morgan fingerprint density at radius 2 is 1.90 bits per heavy atom. The number of amides is 1. The van der Waals surface area contributed by atoms with Gasteiger partial charge < -0.3 is 26.8 Å². The van der Waals surface area contributed by atoms with Gasteiger partial charge in [0.15, 0.2) is 6.10 Å². The maximum absolute atomic E-state index is 12.3. The van der Waals surface area contributed by atoms with Gasteiger partial charge in [0.25, 0.3) is 0 Å². The van der Waals surface area contributed by atoms with E-state index >= 15 is 0 Å². The Labute approximate surface area is 171 Å². The molecule has 0 radical (unpaired) electrons. The molecule has 0 spiro atoms. The van der Waals surface area contributed by atoms with E-state index in [1.807, 2.05) is 30.3 Å². The highest BCUT2D eigenvalue weighted by Crippen LogP contribution is 2.45. The summed E-state index contributed by atoms with van der Waals surface area (Å²) in [5.41, 5.74) is 12.2. The van der Waals surface area contributed by atoms with Crippen LogP contribution in [0.1, 0.15) is 44.2 Å². The number of nitrogens with one attached hydrogen (secondary N) is 1. The first-order valence-corrected chi connectivity index (χ1v) is 11.4. The molecule has 1 aromatic carbocycles. The van der Waals surface area contributed by atoms with Crippen LogP contribution in [0, 0.1) is 5.92 Å². The van der Waals surface area contributed by atoms with Crippen molar-refractivity contribution in [1.82, 2.24) is 5.32 Å². The Morgan fingerprint density at radius 1 is 1.24 bits per heavy atom. The molecule has 29 heavy (non-hydrogen) atoms. The van der Waals surface area contributed by atoms with Crippen molar-refractivity contribution in [3.63, 3.8) is 0 Å². The van der Waals surface area contributed by atoms with Gasteiger partial charge >= 0.3 is 13.6 Å². The van der Waals surface area contributed by atoms with Crippen LogP contribution in [0.15, 0.2) is 30.3 Å². The van der Waals surface area contributed by atoms with Gasteiger partial charge in [-0.1, -0.05) is 37.3 Å². The highest BCUT2D eigenvalue weighted by Gasteiger charge is 2.31. The van der Waals surface area contributed by atoms with E-state index in [2.05, 4.69) is 5.32 Å². The standard InChI is InChI=1S/C19H32N3O6P/c1-14(12-22-18(23)11-16(21)15-7-3-2-4-8-15)13-29(26,27)28-17(19(24)25)9-5-6-10-20/h2-4,7-8,14,16-17H,5-6,9-13,20-21H2,1H3,(H,22,23)(H,24,25)(H,26,27)/t14?,16?,17-/m0/s1. The zero-order chi connectivity index (χ0) is 21.9. The highest BCUT2D eigenvalue weighted by molar-refractivity contribution is 7.52. The Balaban J connectivity index is 2.44. The number of benzene rings is 1. The van der Waals surface area contributed by atoms with Crippen LogP contribution in [0.2, 0.25) is 0 Å². The second-order valence-electron chi connectivity index (χ2n) is 7.17. The third-order valence-electron chi connectivity index (χ3n) is 4.31. The molecule has 1 rings (SSSR count). The topological polar surface area (TPSA) is 165 Å². The average molecular weight is 429 g/mol. The number of rotatable bonds is 14. The number of hydrogen-bond acceptors (Lipinski definition) is 6. The van der Waals surface area contributed by atoms with Gasteiger partial charge in [-0.25, -0.2) is 4.79 Å². The Morgan fingerprint density at radius 3 is 2.48 bits per heavy atom. The number of carboxylic acids is 1. The summed E-state index contributed by atoms with van der Waals surface area (Å²) in [4.78, 5) is 33.3. The number of unbranched alkanes of at least 4 members (excludes halogenated alkanes) is 1. The lowest BCUT2D eigenvalue weighted by molar-refractivity contribution is -0.145.